The van der Waals surface area contributed by atoms with Crippen LogP contribution in [0.4, 0.5) is 5.69 Å². The molecule has 2 aromatic rings. The van der Waals surface area contributed by atoms with Crippen molar-refractivity contribution in [1.82, 2.24) is 15.1 Å². The summed E-state index contributed by atoms with van der Waals surface area (Å²) in [6.07, 6.45) is 0.152. The zero-order valence-electron chi connectivity index (χ0n) is 18.9. The Morgan fingerprint density at radius 2 is 1.91 bits per heavy atom. The van der Waals surface area contributed by atoms with Gasteiger partial charge in [0.05, 0.1) is 35.7 Å². The van der Waals surface area contributed by atoms with E-state index < -0.39 is 0 Å². The zero-order valence-corrected chi connectivity index (χ0v) is 20.5. The fraction of sp³-hybridized carbons (Fsp3) is 0.417. The van der Waals surface area contributed by atoms with Crippen LogP contribution in [-0.4, -0.2) is 74.6 Å². The maximum absolute atomic E-state index is 12.5. The fourth-order valence-electron chi connectivity index (χ4n) is 3.67. The Hall–Kier alpha value is -2.16. The first-order chi connectivity index (χ1) is 15.8. The van der Waals surface area contributed by atoms with E-state index in [0.717, 1.165) is 24.2 Å². The molecule has 1 aliphatic heterocycles. The summed E-state index contributed by atoms with van der Waals surface area (Å²) in [6, 6.07) is 13.0. The van der Waals surface area contributed by atoms with Crippen molar-refractivity contribution in [2.45, 2.75) is 19.1 Å². The van der Waals surface area contributed by atoms with Crippen molar-refractivity contribution in [2.24, 2.45) is 0 Å². The molecule has 2 N–H and O–H groups in total. The molecule has 33 heavy (non-hydrogen) atoms. The van der Waals surface area contributed by atoms with Gasteiger partial charge in [0.15, 0.2) is 0 Å². The minimum Gasteiger partial charge on any atom is -0.374 e. The van der Waals surface area contributed by atoms with Crippen LogP contribution in [-0.2, 0) is 27.3 Å². The van der Waals surface area contributed by atoms with Gasteiger partial charge in [-0.1, -0.05) is 41.4 Å². The zero-order chi connectivity index (χ0) is 23.8. The summed E-state index contributed by atoms with van der Waals surface area (Å²) in [5, 5.41) is 6.91. The molecule has 2 aromatic carbocycles. The van der Waals surface area contributed by atoms with Crippen molar-refractivity contribution < 1.29 is 14.3 Å². The largest absolute Gasteiger partial charge is 0.374 e. The number of nitrogens with one attached hydrogen (secondary N) is 2. The molecule has 1 fully saturated rings. The molecule has 9 heteroatoms. The number of ether oxygens (including phenoxy) is 1. The molecule has 1 aliphatic rings. The molecule has 1 unspecified atom stereocenters. The number of rotatable bonds is 9. The van der Waals surface area contributed by atoms with Crippen molar-refractivity contribution in [3.05, 3.63) is 63.6 Å². The van der Waals surface area contributed by atoms with Gasteiger partial charge in [-0.2, -0.15) is 0 Å². The van der Waals surface area contributed by atoms with Crippen LogP contribution in [0.5, 0.6) is 0 Å². The van der Waals surface area contributed by atoms with E-state index in [1.165, 1.54) is 0 Å². The van der Waals surface area contributed by atoms with Gasteiger partial charge in [0, 0.05) is 31.9 Å². The number of hydrogen-bond donors (Lipinski definition) is 2. The van der Waals surface area contributed by atoms with Crippen LogP contribution in [0.3, 0.4) is 0 Å². The van der Waals surface area contributed by atoms with E-state index in [1.807, 2.05) is 50.5 Å². The summed E-state index contributed by atoms with van der Waals surface area (Å²) < 4.78 is 5.83. The number of nitrogens with zero attached hydrogens (tertiary/aromatic N) is 2. The Balaban J connectivity index is 1.45. The first-order valence-electron chi connectivity index (χ1n) is 10.9. The lowest BCUT2D eigenvalue weighted by atomic mass is 10.1. The summed E-state index contributed by atoms with van der Waals surface area (Å²) in [4.78, 5) is 28.5. The van der Waals surface area contributed by atoms with E-state index >= 15 is 0 Å². The van der Waals surface area contributed by atoms with Gasteiger partial charge in [-0.15, -0.1) is 0 Å². The number of likely N-dealkylation sites (N-methyl/N-ethyl adjacent to an activating group) is 1. The number of benzene rings is 2. The Morgan fingerprint density at radius 3 is 2.67 bits per heavy atom. The third-order valence-corrected chi connectivity index (χ3v) is 5.91. The van der Waals surface area contributed by atoms with Crippen LogP contribution in [0.1, 0.15) is 11.1 Å². The molecule has 3 rings (SSSR count). The van der Waals surface area contributed by atoms with Gasteiger partial charge < -0.3 is 20.3 Å². The monoisotopic (exact) mass is 492 g/mol. The van der Waals surface area contributed by atoms with Crippen molar-refractivity contribution in [3.8, 4) is 0 Å². The van der Waals surface area contributed by atoms with Gasteiger partial charge in [-0.05, 0) is 49.5 Å². The van der Waals surface area contributed by atoms with Gasteiger partial charge in [0.25, 0.3) is 0 Å². The summed E-state index contributed by atoms with van der Waals surface area (Å²) in [5.74, 6) is -0.182. The minimum atomic E-state index is -0.0959. The molecule has 0 radical (unpaired) electrons. The van der Waals surface area contributed by atoms with Gasteiger partial charge in [0.1, 0.15) is 0 Å². The lowest BCUT2D eigenvalue weighted by Crippen LogP contribution is -2.47. The number of carbonyl (C=O) groups excluding carboxylic acids is 2. The number of hydrogen-bond acceptors (Lipinski definition) is 5. The molecule has 178 valence electrons. The van der Waals surface area contributed by atoms with E-state index in [1.54, 1.807) is 11.0 Å². The normalized spacial score (nSPS) is 16.6. The second-order valence-corrected chi connectivity index (χ2v) is 9.26. The van der Waals surface area contributed by atoms with Crippen LogP contribution in [0.2, 0.25) is 10.0 Å². The highest BCUT2D eigenvalue weighted by Gasteiger charge is 2.21. The molecule has 1 heterocycles. The Labute approximate surface area is 205 Å². The third-order valence-electron chi connectivity index (χ3n) is 5.18. The molecule has 0 bridgehead atoms. The SMILES string of the molecule is CN(C)CC(=O)Nc1cccc(CC(=O)NCC2CN(Cc3ccc(Cl)c(Cl)c3)CCO2)c1. The van der Waals surface area contributed by atoms with E-state index in [9.17, 15) is 9.59 Å². The maximum atomic E-state index is 12.5. The first kappa shape index (κ1) is 25.5. The standard InChI is InChI=1S/C24H30Cl2N4O3/c1-29(2)16-24(32)28-19-5-3-4-17(10-19)12-23(31)27-13-20-15-30(8-9-33-20)14-18-6-7-21(25)22(26)11-18/h3-7,10-11,20H,8-9,12-16H2,1-2H3,(H,27,31)(H,28,32). The van der Waals surface area contributed by atoms with E-state index in [-0.39, 0.29) is 24.3 Å². The quantitative estimate of drug-likeness (QED) is 0.562. The molecule has 0 aromatic heterocycles. The van der Waals surface area contributed by atoms with Crippen molar-refractivity contribution in [2.75, 3.05) is 52.2 Å². The summed E-state index contributed by atoms with van der Waals surface area (Å²) in [6.45, 7) is 3.63. The van der Waals surface area contributed by atoms with Gasteiger partial charge in [-0.25, -0.2) is 0 Å². The predicted octanol–water partition coefficient (Wildman–Crippen LogP) is 3.05. The number of amides is 2. The van der Waals surface area contributed by atoms with Crippen molar-refractivity contribution in [3.63, 3.8) is 0 Å². The first-order valence-corrected chi connectivity index (χ1v) is 11.6. The second-order valence-electron chi connectivity index (χ2n) is 8.44. The molecule has 7 nitrogen and oxygen atoms in total. The summed E-state index contributed by atoms with van der Waals surface area (Å²) in [7, 11) is 3.67. The smallest absolute Gasteiger partial charge is 0.238 e. The number of halogens is 2. The van der Waals surface area contributed by atoms with E-state index in [0.29, 0.717) is 42.0 Å². The Morgan fingerprint density at radius 1 is 1.09 bits per heavy atom. The highest BCUT2D eigenvalue weighted by Crippen LogP contribution is 2.23. The molecule has 1 atom stereocenters. The van der Waals surface area contributed by atoms with Crippen LogP contribution >= 0.6 is 23.2 Å². The van der Waals surface area contributed by atoms with Crippen LogP contribution < -0.4 is 10.6 Å². The highest BCUT2D eigenvalue weighted by atomic mass is 35.5. The maximum Gasteiger partial charge on any atom is 0.238 e. The molecule has 2 amide bonds. The van der Waals surface area contributed by atoms with Crippen LogP contribution in [0, 0.1) is 0 Å². The third kappa shape index (κ3) is 8.61. The van der Waals surface area contributed by atoms with Gasteiger partial charge in [0.2, 0.25) is 11.8 Å². The van der Waals surface area contributed by atoms with Crippen molar-refractivity contribution in [1.29, 1.82) is 0 Å². The van der Waals surface area contributed by atoms with Gasteiger partial charge >= 0.3 is 0 Å². The predicted molar refractivity (Wildman–Crippen MR) is 132 cm³/mol. The number of morpholine rings is 1. The molecule has 0 aliphatic carbocycles. The Bertz CT molecular complexity index is 970. The van der Waals surface area contributed by atoms with E-state index in [4.69, 9.17) is 27.9 Å². The minimum absolute atomic E-state index is 0.0814. The fourth-order valence-corrected chi connectivity index (χ4v) is 3.99. The summed E-state index contributed by atoms with van der Waals surface area (Å²) in [5.41, 5.74) is 2.60. The average Bonchev–Trinajstić information content (AvgIpc) is 2.75. The average molecular weight is 493 g/mol. The molecule has 1 saturated heterocycles. The molecular weight excluding hydrogens is 463 g/mol. The number of carbonyl (C=O) groups is 2. The molecule has 0 spiro atoms. The topological polar surface area (TPSA) is 73.9 Å². The van der Waals surface area contributed by atoms with E-state index in [2.05, 4.69) is 15.5 Å². The molecule has 0 saturated carbocycles. The molecular formula is C24H30Cl2N4O3. The van der Waals surface area contributed by atoms with Crippen LogP contribution in [0.15, 0.2) is 42.5 Å². The number of anilines is 1. The van der Waals surface area contributed by atoms with Gasteiger partial charge in [-0.3, -0.25) is 14.5 Å². The second kappa shape index (κ2) is 12.3. The highest BCUT2D eigenvalue weighted by molar-refractivity contribution is 6.42. The van der Waals surface area contributed by atoms with Crippen molar-refractivity contribution >= 4 is 40.7 Å². The lowest BCUT2D eigenvalue weighted by molar-refractivity contribution is -0.121. The van der Waals surface area contributed by atoms with Crippen LogP contribution in [0.25, 0.3) is 0 Å². The lowest BCUT2D eigenvalue weighted by Gasteiger charge is -2.33. The Kier molecular flexibility index (Phi) is 9.52. The summed E-state index contributed by atoms with van der Waals surface area (Å²) >= 11 is 12.1.